The summed E-state index contributed by atoms with van der Waals surface area (Å²) in [7, 11) is -17.7. The second-order valence-electron chi connectivity index (χ2n) is 14.4. The van der Waals surface area contributed by atoms with Crippen molar-refractivity contribution in [2.45, 2.75) is 95.3 Å². The van der Waals surface area contributed by atoms with Crippen molar-refractivity contribution in [3.05, 3.63) is 12.7 Å². The summed E-state index contributed by atoms with van der Waals surface area (Å²) >= 11 is 0.924. The van der Waals surface area contributed by atoms with Crippen LogP contribution in [0.3, 0.4) is 0 Å². The summed E-state index contributed by atoms with van der Waals surface area (Å²) in [5.41, 5.74) is 4.01. The molecule has 352 valence electrons. The summed E-state index contributed by atoms with van der Waals surface area (Å²) in [6.45, 7) is 1.44. The summed E-state index contributed by atoms with van der Waals surface area (Å²) in [6, 6.07) is 0. The molecule has 2 unspecified atom stereocenters. The van der Waals surface area contributed by atoms with E-state index in [-0.39, 0.29) is 66.8 Å². The molecule has 2 aliphatic heterocycles. The first-order valence-electron chi connectivity index (χ1n) is 18.4. The van der Waals surface area contributed by atoms with E-state index in [4.69, 9.17) is 19.9 Å². The van der Waals surface area contributed by atoms with Crippen molar-refractivity contribution < 1.29 is 100 Å². The number of hydrogen-bond acceptors (Lipinski definition) is 26. The van der Waals surface area contributed by atoms with Crippen LogP contribution in [0.1, 0.15) is 46.3 Å². The number of thioether (sulfide) groups is 1. The minimum Gasteiger partial charge on any atom is -0.790 e. The molecule has 32 heteroatoms. The zero-order valence-corrected chi connectivity index (χ0v) is 36.6. The Hall–Kier alpha value is -2.60. The van der Waals surface area contributed by atoms with E-state index in [1.165, 1.54) is 13.8 Å². The number of fused-ring (bicyclic) bond motifs is 1. The Bertz CT molecular complexity index is 2010. The molecule has 2 saturated heterocycles. The van der Waals surface area contributed by atoms with Gasteiger partial charge in [-0.1, -0.05) is 25.6 Å². The third-order valence-electron chi connectivity index (χ3n) is 9.02. The molecule has 2 fully saturated rings. The molecule has 0 saturated carbocycles. The number of hydrogen-bond donors (Lipinski definition) is 7. The molecule has 2 aromatic heterocycles. The average molecular weight is 966 g/mol. The highest BCUT2D eigenvalue weighted by atomic mass is 32.2. The number of phosphoric ester groups is 3. The Morgan fingerprint density at radius 2 is 1.71 bits per heavy atom. The number of phosphoric acid groups is 3. The van der Waals surface area contributed by atoms with Crippen LogP contribution in [0.5, 0.6) is 0 Å². The molecule has 62 heavy (non-hydrogen) atoms. The molecule has 2 aromatic rings. The molecule has 11 atom stereocenters. The Kier molecular flexibility index (Phi) is 18.5. The fourth-order valence-corrected chi connectivity index (χ4v) is 9.09. The highest BCUT2D eigenvalue weighted by molar-refractivity contribution is 8.13. The Labute approximate surface area is 356 Å². The molecule has 0 spiro atoms. The number of amides is 2. The van der Waals surface area contributed by atoms with Gasteiger partial charge in [-0.05, 0) is 6.92 Å². The number of carbonyl (C=O) groups excluding carboxylic acids is 3. The van der Waals surface area contributed by atoms with E-state index < -0.39 is 109 Å². The molecule has 0 bridgehead atoms. The standard InChI is InChI=1S/C30H50N7O21P3S/c1-15-16(38)10-17(39)29(55-15)52-8-5-20(41)62-9-7-32-19(40)4-6-33-27(44)24(43)30(2,3)12-54-61(50,51)58-60(48,49)53-11-18-23(57-59(45,46)47)22(42)28(56-18)37-14-36-21-25(31)34-13-35-26(21)37/h13-18,22-24,28-29,38-39,42-43H,4-12H2,1-3H3,(H,32,40)(H,33,44)(H,48,49)(H,50,51)(H2,31,34,35)(H2,45,46,47)/p-4/t15-,16+,17+,18+,22+,23+,24-,28+,29+/m0/s1. The van der Waals surface area contributed by atoms with Gasteiger partial charge in [0.15, 0.2) is 29.1 Å². The minimum absolute atomic E-state index is 0.00545. The molecule has 0 aliphatic carbocycles. The number of nitrogens with one attached hydrogen (secondary N) is 2. The number of ether oxygens (including phenoxy) is 3. The molecule has 2 aliphatic rings. The van der Waals surface area contributed by atoms with Gasteiger partial charge in [-0.15, -0.1) is 0 Å². The van der Waals surface area contributed by atoms with Gasteiger partial charge >= 0.3 is 0 Å². The predicted octanol–water partition coefficient (Wildman–Crippen LogP) is -4.60. The lowest BCUT2D eigenvalue weighted by Crippen LogP contribution is -2.47. The monoisotopic (exact) mass is 965 g/mol. The number of aromatic nitrogens is 4. The summed E-state index contributed by atoms with van der Waals surface area (Å²) in [5, 5.41) is 45.6. The van der Waals surface area contributed by atoms with Crippen LogP contribution in [0.15, 0.2) is 12.7 Å². The van der Waals surface area contributed by atoms with Crippen molar-refractivity contribution in [3.63, 3.8) is 0 Å². The van der Waals surface area contributed by atoms with Crippen LogP contribution in [0, 0.1) is 5.41 Å². The molecular formula is C30H46N7O21P3S-4. The number of carbonyl (C=O) groups is 3. The van der Waals surface area contributed by atoms with E-state index in [1.807, 2.05) is 0 Å². The van der Waals surface area contributed by atoms with Crippen LogP contribution in [0.2, 0.25) is 0 Å². The molecule has 4 rings (SSSR count). The maximum atomic E-state index is 12.6. The molecule has 2 amide bonds. The fourth-order valence-electron chi connectivity index (χ4n) is 5.70. The van der Waals surface area contributed by atoms with E-state index in [2.05, 4.69) is 43.5 Å². The van der Waals surface area contributed by atoms with Crippen LogP contribution in [-0.2, 0) is 60.2 Å². The summed E-state index contributed by atoms with van der Waals surface area (Å²) in [5.74, 6) is -1.45. The Morgan fingerprint density at radius 1 is 1.02 bits per heavy atom. The largest absolute Gasteiger partial charge is 0.790 e. The lowest BCUT2D eigenvalue weighted by molar-refractivity contribution is -0.347. The van der Waals surface area contributed by atoms with Gasteiger partial charge in [0, 0.05) is 43.5 Å². The number of aliphatic hydroxyl groups excluding tert-OH is 4. The maximum absolute atomic E-state index is 12.6. The number of anilines is 1. The smallest absolute Gasteiger partial charge is 0.274 e. The van der Waals surface area contributed by atoms with Crippen LogP contribution >= 0.6 is 35.2 Å². The summed E-state index contributed by atoms with van der Waals surface area (Å²) in [6.07, 6.45) is -11.1. The van der Waals surface area contributed by atoms with E-state index in [1.54, 1.807) is 6.92 Å². The topological polar surface area (TPSA) is 434 Å². The zero-order chi connectivity index (χ0) is 46.2. The van der Waals surface area contributed by atoms with Crippen LogP contribution < -0.4 is 35.9 Å². The van der Waals surface area contributed by atoms with Gasteiger partial charge in [-0.25, -0.2) is 19.3 Å². The van der Waals surface area contributed by atoms with Gasteiger partial charge in [0.05, 0.1) is 46.2 Å². The number of nitrogens with zero attached hydrogens (tertiary/aromatic N) is 4. The number of aliphatic hydroxyl groups is 4. The molecule has 28 nitrogen and oxygen atoms in total. The van der Waals surface area contributed by atoms with Gasteiger partial charge < -0.3 is 88.7 Å². The maximum Gasteiger partial charge on any atom is 0.274 e. The highest BCUT2D eigenvalue weighted by Gasteiger charge is 2.47. The third-order valence-corrected chi connectivity index (χ3v) is 13.0. The lowest BCUT2D eigenvalue weighted by Gasteiger charge is -2.36. The van der Waals surface area contributed by atoms with Crippen LogP contribution in [-0.4, -0.2) is 145 Å². The highest BCUT2D eigenvalue weighted by Crippen LogP contribution is 2.56. The van der Waals surface area contributed by atoms with Gasteiger partial charge in [-0.2, -0.15) is 0 Å². The summed E-state index contributed by atoms with van der Waals surface area (Å²) in [4.78, 5) is 96.4. The fraction of sp³-hybridized carbons (Fsp3) is 0.733. The van der Waals surface area contributed by atoms with Crippen molar-refractivity contribution in [3.8, 4) is 0 Å². The Morgan fingerprint density at radius 3 is 2.40 bits per heavy atom. The quantitative estimate of drug-likeness (QED) is 0.0407. The van der Waals surface area contributed by atoms with Crippen molar-refractivity contribution in [2.24, 2.45) is 5.41 Å². The van der Waals surface area contributed by atoms with Crippen LogP contribution in [0.4, 0.5) is 5.82 Å². The van der Waals surface area contributed by atoms with Crippen molar-refractivity contribution in [1.29, 1.82) is 0 Å². The number of rotatable bonds is 23. The van der Waals surface area contributed by atoms with Gasteiger partial charge in [0.2, 0.25) is 11.8 Å². The molecule has 0 aromatic carbocycles. The van der Waals surface area contributed by atoms with E-state index in [9.17, 15) is 68.1 Å². The van der Waals surface area contributed by atoms with Crippen molar-refractivity contribution >= 4 is 69.1 Å². The minimum atomic E-state index is -5.94. The normalized spacial score (nSPS) is 27.0. The van der Waals surface area contributed by atoms with Gasteiger partial charge in [-0.3, -0.25) is 28.1 Å². The first-order chi connectivity index (χ1) is 28.8. The second kappa shape index (κ2) is 22.1. The van der Waals surface area contributed by atoms with Crippen LogP contribution in [0.25, 0.3) is 11.2 Å². The van der Waals surface area contributed by atoms with Gasteiger partial charge in [0.1, 0.15) is 42.4 Å². The molecular weight excluding hydrogens is 919 g/mol. The second-order valence-corrected chi connectivity index (χ2v) is 19.6. The molecule has 8 N–H and O–H groups in total. The number of nitrogen functional groups attached to an aromatic ring is 1. The van der Waals surface area contributed by atoms with E-state index in [0.717, 1.165) is 29.0 Å². The predicted molar refractivity (Wildman–Crippen MR) is 200 cm³/mol. The first kappa shape index (κ1) is 52.0. The molecule has 0 radical (unpaired) electrons. The van der Waals surface area contributed by atoms with Crippen molar-refractivity contribution in [2.75, 3.05) is 44.4 Å². The van der Waals surface area contributed by atoms with Crippen molar-refractivity contribution in [1.82, 2.24) is 30.2 Å². The SMILES string of the molecule is C[C@@H]1O[C@@H](OCCC(=O)SCCNC(=O)CCNC(=O)[C@H](O)C(C)(C)COP(=O)([O-])OP(=O)([O-])OC[C@H]2O[C@@H](n3cnc4c(N)ncnc43)[C@H](O)[C@@H]2OP(=O)([O-])[O-])[C@H](O)C[C@H]1O. The lowest BCUT2D eigenvalue weighted by atomic mass is 9.87. The number of nitrogens with two attached hydrogens (primary N) is 1. The first-order valence-corrected chi connectivity index (χ1v) is 23.8. The number of imidazole rings is 1. The zero-order valence-electron chi connectivity index (χ0n) is 33.1. The van der Waals surface area contributed by atoms with E-state index >= 15 is 0 Å². The Balaban J connectivity index is 1.16. The summed E-state index contributed by atoms with van der Waals surface area (Å²) < 4.78 is 71.3. The third kappa shape index (κ3) is 15.3. The molecule has 4 heterocycles. The van der Waals surface area contributed by atoms with E-state index in [0.29, 0.717) is 0 Å². The van der Waals surface area contributed by atoms with Gasteiger partial charge in [0.25, 0.3) is 15.6 Å². The average Bonchev–Trinajstić information content (AvgIpc) is 3.73.